The summed E-state index contributed by atoms with van der Waals surface area (Å²) in [5, 5.41) is 15.7. The molecule has 0 heterocycles. The smallest absolute Gasteiger partial charge is 0.0453 e. The molecule has 0 aliphatic carbocycles. The van der Waals surface area contributed by atoms with E-state index >= 15 is 0 Å². The Kier molecular flexibility index (Phi) is 29.0. The first-order valence-electron chi connectivity index (χ1n) is 2.90. The average Bonchev–Trinajstić information content (AvgIpc) is 1.69. The summed E-state index contributed by atoms with van der Waals surface area (Å²) in [4.78, 5) is 0. The summed E-state index contributed by atoms with van der Waals surface area (Å²) in [7, 11) is 0. The van der Waals surface area contributed by atoms with Crippen LogP contribution in [0, 0.1) is 5.92 Å². The molecular formula is C6H16O2Zr. The first-order chi connectivity index (χ1) is 3.68. The van der Waals surface area contributed by atoms with Crippen LogP contribution >= 0.6 is 0 Å². The number of hydrogen-bond acceptors (Lipinski definition) is 2. The maximum absolute atomic E-state index is 8.14. The molecular weight excluding hydrogens is 195 g/mol. The molecule has 0 spiro atoms. The van der Waals surface area contributed by atoms with Gasteiger partial charge in [-0.25, -0.2) is 0 Å². The summed E-state index contributed by atoms with van der Waals surface area (Å²) in [5.41, 5.74) is 0. The van der Waals surface area contributed by atoms with E-state index in [2.05, 4.69) is 0 Å². The van der Waals surface area contributed by atoms with Gasteiger partial charge in [-0.3, -0.25) is 0 Å². The van der Waals surface area contributed by atoms with Crippen molar-refractivity contribution in [3.05, 3.63) is 0 Å². The van der Waals surface area contributed by atoms with Crippen LogP contribution in [0.3, 0.4) is 0 Å². The van der Waals surface area contributed by atoms with Crippen LogP contribution in [0.4, 0.5) is 0 Å². The Labute approximate surface area is 76.4 Å². The Morgan fingerprint density at radius 2 is 1.33 bits per heavy atom. The first kappa shape index (κ1) is 16.4. The molecule has 3 heteroatoms. The molecule has 9 heavy (non-hydrogen) atoms. The molecule has 0 saturated carbocycles. The Morgan fingerprint density at radius 3 is 1.33 bits per heavy atom. The zero-order valence-electron chi connectivity index (χ0n) is 6.39. The normalized spacial score (nSPS) is 7.33. The van der Waals surface area contributed by atoms with Crippen molar-refractivity contribution in [3.8, 4) is 0 Å². The van der Waals surface area contributed by atoms with E-state index in [9.17, 15) is 0 Å². The van der Waals surface area contributed by atoms with Gasteiger partial charge in [-0.15, -0.1) is 0 Å². The third-order valence-corrected chi connectivity index (χ3v) is 0.365. The van der Waals surface area contributed by atoms with Gasteiger partial charge in [0.1, 0.15) is 0 Å². The average molecular weight is 211 g/mol. The molecule has 0 amide bonds. The Bertz CT molecular complexity index is 32.2. The van der Waals surface area contributed by atoms with Crippen LogP contribution in [0.25, 0.3) is 0 Å². The van der Waals surface area contributed by atoms with E-state index in [-0.39, 0.29) is 32.8 Å². The van der Waals surface area contributed by atoms with E-state index in [1.54, 1.807) is 6.92 Å². The second kappa shape index (κ2) is 15.9. The summed E-state index contributed by atoms with van der Waals surface area (Å²) in [5.74, 6) is 0.440. The van der Waals surface area contributed by atoms with Gasteiger partial charge in [0.05, 0.1) is 0 Å². The van der Waals surface area contributed by atoms with Crippen molar-refractivity contribution in [1.29, 1.82) is 0 Å². The molecule has 0 unspecified atom stereocenters. The fraction of sp³-hybridized carbons (Fsp3) is 1.00. The minimum atomic E-state index is 0. The standard InChI is InChI=1S/C4H10O.C2H6O.Zr/c1-4(2)3-5;1-2-3;/h4-5H,3H2,1-2H3;3H,2H2,1H3;. The first-order valence-corrected chi connectivity index (χ1v) is 2.90. The van der Waals surface area contributed by atoms with Gasteiger partial charge in [0.2, 0.25) is 0 Å². The SMILES string of the molecule is CC(C)CO.CCO.[Zr]. The number of hydrogen-bond donors (Lipinski definition) is 2. The predicted octanol–water partition coefficient (Wildman–Crippen LogP) is 0.631. The molecule has 0 radical (unpaired) electrons. The van der Waals surface area contributed by atoms with Crippen LogP contribution in [0.5, 0.6) is 0 Å². The number of aliphatic hydroxyl groups excluding tert-OH is 2. The summed E-state index contributed by atoms with van der Waals surface area (Å²) < 4.78 is 0. The Balaban J connectivity index is -0.0000000800. The van der Waals surface area contributed by atoms with Crippen molar-refractivity contribution < 1.29 is 36.4 Å². The third kappa shape index (κ3) is 51.9. The van der Waals surface area contributed by atoms with Gasteiger partial charge in [-0.1, -0.05) is 13.8 Å². The number of rotatable bonds is 1. The maximum Gasteiger partial charge on any atom is 0.0453 e. The molecule has 56 valence electrons. The molecule has 0 bridgehead atoms. The molecule has 0 saturated heterocycles. The fourth-order valence-electron chi connectivity index (χ4n) is 0. The molecule has 0 aliphatic heterocycles. The van der Waals surface area contributed by atoms with Crippen molar-refractivity contribution in [2.24, 2.45) is 5.92 Å². The quantitative estimate of drug-likeness (QED) is 0.668. The molecule has 2 nitrogen and oxygen atoms in total. The second-order valence-electron chi connectivity index (χ2n) is 1.89. The van der Waals surface area contributed by atoms with Crippen LogP contribution in [0.2, 0.25) is 0 Å². The van der Waals surface area contributed by atoms with Gasteiger partial charge in [0.15, 0.2) is 0 Å². The van der Waals surface area contributed by atoms with E-state index < -0.39 is 0 Å². The predicted molar refractivity (Wildman–Crippen MR) is 34.7 cm³/mol. The topological polar surface area (TPSA) is 40.5 Å². The zero-order chi connectivity index (χ0) is 6.99. The van der Waals surface area contributed by atoms with E-state index in [0.717, 1.165) is 0 Å². The summed E-state index contributed by atoms with van der Waals surface area (Å²) in [6, 6.07) is 0. The van der Waals surface area contributed by atoms with Gasteiger partial charge < -0.3 is 10.2 Å². The largest absolute Gasteiger partial charge is 0.397 e. The van der Waals surface area contributed by atoms with Crippen LogP contribution in [-0.2, 0) is 26.2 Å². The molecule has 2 N–H and O–H groups in total. The van der Waals surface area contributed by atoms with Crippen LogP contribution in [0.1, 0.15) is 20.8 Å². The van der Waals surface area contributed by atoms with Crippen molar-refractivity contribution in [3.63, 3.8) is 0 Å². The summed E-state index contributed by atoms with van der Waals surface area (Å²) in [6.45, 7) is 6.18. The summed E-state index contributed by atoms with van der Waals surface area (Å²) >= 11 is 0. The van der Waals surface area contributed by atoms with E-state index in [1.165, 1.54) is 0 Å². The van der Waals surface area contributed by atoms with E-state index in [0.29, 0.717) is 12.5 Å². The molecule has 0 aromatic carbocycles. The third-order valence-electron chi connectivity index (χ3n) is 0.365. The van der Waals surface area contributed by atoms with Crippen LogP contribution in [0.15, 0.2) is 0 Å². The summed E-state index contributed by atoms with van der Waals surface area (Å²) in [6.07, 6.45) is 0. The van der Waals surface area contributed by atoms with Gasteiger partial charge in [0, 0.05) is 39.4 Å². The molecule has 0 aromatic rings. The minimum absolute atomic E-state index is 0. The van der Waals surface area contributed by atoms with Crippen molar-refractivity contribution in [2.75, 3.05) is 13.2 Å². The van der Waals surface area contributed by atoms with Gasteiger partial charge in [0.25, 0.3) is 0 Å². The maximum atomic E-state index is 8.14. The van der Waals surface area contributed by atoms with Crippen LogP contribution < -0.4 is 0 Å². The van der Waals surface area contributed by atoms with Crippen molar-refractivity contribution >= 4 is 0 Å². The van der Waals surface area contributed by atoms with Crippen molar-refractivity contribution in [2.45, 2.75) is 20.8 Å². The molecule has 0 rings (SSSR count). The van der Waals surface area contributed by atoms with E-state index in [1.807, 2.05) is 13.8 Å². The van der Waals surface area contributed by atoms with Gasteiger partial charge in [-0.05, 0) is 12.8 Å². The Hall–Kier alpha value is 0.803. The van der Waals surface area contributed by atoms with Crippen molar-refractivity contribution in [1.82, 2.24) is 0 Å². The molecule has 0 fully saturated rings. The van der Waals surface area contributed by atoms with Gasteiger partial charge >= 0.3 is 0 Å². The Morgan fingerprint density at radius 1 is 1.22 bits per heavy atom. The minimum Gasteiger partial charge on any atom is -0.397 e. The molecule has 0 atom stereocenters. The molecule has 0 aliphatic rings. The monoisotopic (exact) mass is 210 g/mol. The fourth-order valence-corrected chi connectivity index (χ4v) is 0. The zero-order valence-corrected chi connectivity index (χ0v) is 8.84. The second-order valence-corrected chi connectivity index (χ2v) is 1.89. The van der Waals surface area contributed by atoms with Gasteiger partial charge in [-0.2, -0.15) is 0 Å². The van der Waals surface area contributed by atoms with Crippen LogP contribution in [-0.4, -0.2) is 23.4 Å². The number of aliphatic hydroxyl groups is 2. The van der Waals surface area contributed by atoms with E-state index in [4.69, 9.17) is 10.2 Å². The molecule has 0 aromatic heterocycles.